The van der Waals surface area contributed by atoms with E-state index in [1.165, 1.54) is 0 Å². The first-order valence-corrected chi connectivity index (χ1v) is 4.15. The van der Waals surface area contributed by atoms with Crippen molar-refractivity contribution in [3.8, 4) is 0 Å². The molecule has 2 nitrogen and oxygen atoms in total. The summed E-state index contributed by atoms with van der Waals surface area (Å²) in [5, 5.41) is 3.82. The molecule has 1 aromatic carbocycles. The molecular formula is C9H12ClNO. The molecule has 1 unspecified atom stereocenters. The van der Waals surface area contributed by atoms with Crippen LogP contribution in [0.2, 0.25) is 5.02 Å². The highest BCUT2D eigenvalue weighted by Crippen LogP contribution is 2.20. The molecule has 1 rings (SSSR count). The number of benzene rings is 1. The second-order valence-electron chi connectivity index (χ2n) is 2.50. The number of rotatable bonds is 3. The molecule has 12 heavy (non-hydrogen) atoms. The van der Waals surface area contributed by atoms with Crippen LogP contribution in [-0.2, 0) is 4.74 Å². The maximum Gasteiger partial charge on any atom is 0.124 e. The maximum absolute atomic E-state index is 5.91. The zero-order chi connectivity index (χ0) is 8.97. The molecule has 0 aliphatic rings. The lowest BCUT2D eigenvalue weighted by molar-refractivity contribution is 0.141. The van der Waals surface area contributed by atoms with Gasteiger partial charge in [0.15, 0.2) is 0 Å². The van der Waals surface area contributed by atoms with Gasteiger partial charge in [-0.3, -0.25) is 0 Å². The second-order valence-corrected chi connectivity index (χ2v) is 2.91. The first-order chi connectivity index (χ1) is 5.74. The van der Waals surface area contributed by atoms with Gasteiger partial charge in [-0.25, -0.2) is 0 Å². The van der Waals surface area contributed by atoms with Crippen molar-refractivity contribution in [1.82, 2.24) is 0 Å². The largest absolute Gasteiger partial charge is 0.362 e. The van der Waals surface area contributed by atoms with Crippen LogP contribution in [0.5, 0.6) is 0 Å². The molecule has 0 heterocycles. The number of ether oxygens (including phenoxy) is 1. The smallest absolute Gasteiger partial charge is 0.124 e. The van der Waals surface area contributed by atoms with Gasteiger partial charge < -0.3 is 10.1 Å². The van der Waals surface area contributed by atoms with Gasteiger partial charge in [-0.2, -0.15) is 0 Å². The fourth-order valence-corrected chi connectivity index (χ4v) is 1.05. The van der Waals surface area contributed by atoms with Crippen LogP contribution in [0.15, 0.2) is 24.3 Å². The van der Waals surface area contributed by atoms with Gasteiger partial charge in [0, 0.05) is 7.11 Å². The van der Waals surface area contributed by atoms with E-state index >= 15 is 0 Å². The number of methoxy groups -OCH3 is 1. The molecular weight excluding hydrogens is 174 g/mol. The highest BCUT2D eigenvalue weighted by atomic mass is 35.5. The van der Waals surface area contributed by atoms with Crippen LogP contribution < -0.4 is 5.32 Å². The third kappa shape index (κ3) is 2.40. The molecule has 0 aliphatic heterocycles. The van der Waals surface area contributed by atoms with Gasteiger partial charge in [0.1, 0.15) is 6.23 Å². The minimum atomic E-state index is -0.0232. The van der Waals surface area contributed by atoms with Crippen LogP contribution >= 0.6 is 11.6 Å². The Bertz CT molecular complexity index is 252. The molecule has 0 amide bonds. The summed E-state index contributed by atoms with van der Waals surface area (Å²) in [7, 11) is 1.65. The Labute approximate surface area is 77.5 Å². The molecule has 0 saturated carbocycles. The SMILES string of the molecule is COC(C)Nc1ccccc1Cl. The summed E-state index contributed by atoms with van der Waals surface area (Å²) < 4.78 is 5.04. The van der Waals surface area contributed by atoms with Crippen LogP contribution in [0, 0.1) is 0 Å². The van der Waals surface area contributed by atoms with E-state index in [-0.39, 0.29) is 6.23 Å². The summed E-state index contributed by atoms with van der Waals surface area (Å²) >= 11 is 5.91. The summed E-state index contributed by atoms with van der Waals surface area (Å²) in [5.74, 6) is 0. The van der Waals surface area contributed by atoms with Crippen LogP contribution in [0.25, 0.3) is 0 Å². The predicted molar refractivity (Wildman–Crippen MR) is 51.5 cm³/mol. The Morgan fingerprint density at radius 1 is 1.42 bits per heavy atom. The van der Waals surface area contributed by atoms with E-state index in [0.717, 1.165) is 5.69 Å². The first kappa shape index (κ1) is 9.36. The van der Waals surface area contributed by atoms with E-state index in [1.807, 2.05) is 31.2 Å². The van der Waals surface area contributed by atoms with Gasteiger partial charge in [0.05, 0.1) is 10.7 Å². The summed E-state index contributed by atoms with van der Waals surface area (Å²) in [6.07, 6.45) is -0.0232. The van der Waals surface area contributed by atoms with Gasteiger partial charge in [0.25, 0.3) is 0 Å². The minimum Gasteiger partial charge on any atom is -0.362 e. The van der Waals surface area contributed by atoms with E-state index in [0.29, 0.717) is 5.02 Å². The van der Waals surface area contributed by atoms with Gasteiger partial charge in [-0.15, -0.1) is 0 Å². The van der Waals surface area contributed by atoms with Gasteiger partial charge in [-0.05, 0) is 19.1 Å². The summed E-state index contributed by atoms with van der Waals surface area (Å²) in [5.41, 5.74) is 0.897. The fourth-order valence-electron chi connectivity index (χ4n) is 0.856. The van der Waals surface area contributed by atoms with Crippen LogP contribution in [-0.4, -0.2) is 13.3 Å². The second kappa shape index (κ2) is 4.33. The molecule has 0 aliphatic carbocycles. The van der Waals surface area contributed by atoms with Gasteiger partial charge in [0.2, 0.25) is 0 Å². The number of anilines is 1. The fraction of sp³-hybridized carbons (Fsp3) is 0.333. The van der Waals surface area contributed by atoms with E-state index in [2.05, 4.69) is 5.32 Å². The third-order valence-corrected chi connectivity index (χ3v) is 1.92. The molecule has 3 heteroatoms. The average molecular weight is 186 g/mol. The average Bonchev–Trinajstić information content (AvgIpc) is 2.09. The highest BCUT2D eigenvalue weighted by Gasteiger charge is 2.01. The molecule has 0 bridgehead atoms. The molecule has 0 radical (unpaired) electrons. The monoisotopic (exact) mass is 185 g/mol. The molecule has 1 aromatic rings. The van der Waals surface area contributed by atoms with E-state index in [9.17, 15) is 0 Å². The summed E-state index contributed by atoms with van der Waals surface area (Å²) in [6, 6.07) is 7.58. The number of para-hydroxylation sites is 1. The Morgan fingerprint density at radius 2 is 2.08 bits per heavy atom. The molecule has 0 saturated heterocycles. The van der Waals surface area contributed by atoms with Crippen molar-refractivity contribution in [2.75, 3.05) is 12.4 Å². The Balaban J connectivity index is 2.69. The van der Waals surface area contributed by atoms with Crippen molar-refractivity contribution in [3.05, 3.63) is 29.3 Å². The van der Waals surface area contributed by atoms with Crippen molar-refractivity contribution < 1.29 is 4.74 Å². The Hall–Kier alpha value is -0.730. The lowest BCUT2D eigenvalue weighted by Gasteiger charge is -2.13. The zero-order valence-corrected chi connectivity index (χ0v) is 7.93. The molecule has 1 atom stereocenters. The van der Waals surface area contributed by atoms with Crippen LogP contribution in [0.4, 0.5) is 5.69 Å². The van der Waals surface area contributed by atoms with Crippen molar-refractivity contribution in [1.29, 1.82) is 0 Å². The van der Waals surface area contributed by atoms with Gasteiger partial charge >= 0.3 is 0 Å². The molecule has 0 fully saturated rings. The predicted octanol–water partition coefficient (Wildman–Crippen LogP) is 2.74. The number of hydrogen-bond donors (Lipinski definition) is 1. The summed E-state index contributed by atoms with van der Waals surface area (Å²) in [6.45, 7) is 1.92. The quantitative estimate of drug-likeness (QED) is 0.732. The molecule has 1 N–H and O–H groups in total. The zero-order valence-electron chi connectivity index (χ0n) is 7.17. The first-order valence-electron chi connectivity index (χ1n) is 3.78. The third-order valence-electron chi connectivity index (χ3n) is 1.59. The summed E-state index contributed by atoms with van der Waals surface area (Å²) in [4.78, 5) is 0. The van der Waals surface area contributed by atoms with Crippen LogP contribution in [0.3, 0.4) is 0 Å². The number of nitrogens with one attached hydrogen (secondary N) is 1. The normalized spacial score (nSPS) is 12.6. The maximum atomic E-state index is 5.91. The lowest BCUT2D eigenvalue weighted by atomic mass is 10.3. The topological polar surface area (TPSA) is 21.3 Å². The highest BCUT2D eigenvalue weighted by molar-refractivity contribution is 6.33. The van der Waals surface area contributed by atoms with E-state index in [4.69, 9.17) is 16.3 Å². The van der Waals surface area contributed by atoms with Crippen molar-refractivity contribution >= 4 is 17.3 Å². The minimum absolute atomic E-state index is 0.0232. The molecule has 0 spiro atoms. The Kier molecular flexibility index (Phi) is 3.38. The van der Waals surface area contributed by atoms with Crippen molar-refractivity contribution in [3.63, 3.8) is 0 Å². The standard InChI is InChI=1S/C9H12ClNO/c1-7(12-2)11-9-6-4-3-5-8(9)10/h3-7,11H,1-2H3. The van der Waals surface area contributed by atoms with Crippen LogP contribution in [0.1, 0.15) is 6.92 Å². The van der Waals surface area contributed by atoms with Crippen molar-refractivity contribution in [2.24, 2.45) is 0 Å². The Morgan fingerprint density at radius 3 is 2.67 bits per heavy atom. The molecule has 0 aromatic heterocycles. The van der Waals surface area contributed by atoms with Gasteiger partial charge in [-0.1, -0.05) is 23.7 Å². The number of hydrogen-bond acceptors (Lipinski definition) is 2. The number of halogens is 1. The van der Waals surface area contributed by atoms with E-state index in [1.54, 1.807) is 7.11 Å². The lowest BCUT2D eigenvalue weighted by Crippen LogP contribution is -2.16. The van der Waals surface area contributed by atoms with E-state index < -0.39 is 0 Å². The van der Waals surface area contributed by atoms with Crippen molar-refractivity contribution in [2.45, 2.75) is 13.2 Å². The molecule has 66 valence electrons.